The summed E-state index contributed by atoms with van der Waals surface area (Å²) < 4.78 is 30.3. The molecule has 5 nitrogen and oxygen atoms in total. The van der Waals surface area contributed by atoms with E-state index in [2.05, 4.69) is 15.3 Å². The number of allylic oxidation sites excluding steroid dienone is 1. The second-order valence-corrected chi connectivity index (χ2v) is 5.14. The summed E-state index contributed by atoms with van der Waals surface area (Å²) in [5.74, 6) is -0.291. The van der Waals surface area contributed by atoms with Gasteiger partial charge in [-0.3, -0.25) is 4.99 Å². The Kier molecular flexibility index (Phi) is 3.89. The number of benzene rings is 1. The molecule has 22 heavy (non-hydrogen) atoms. The second kappa shape index (κ2) is 5.84. The minimum Gasteiger partial charge on any atom is -0.402 e. The molecule has 0 bridgehead atoms. The fraction of sp³-hybridized carbons (Fsp3) is 0.333. The topological polar surface area (TPSA) is 68.2 Å². The zero-order chi connectivity index (χ0) is 15.7. The summed E-state index contributed by atoms with van der Waals surface area (Å²) in [6, 6.07) is 2.97. The minimum absolute atomic E-state index is 0.0335. The molecule has 7 heteroatoms. The van der Waals surface area contributed by atoms with Crippen molar-refractivity contribution in [2.45, 2.75) is 19.4 Å². The van der Waals surface area contributed by atoms with E-state index in [1.54, 1.807) is 13.1 Å². The summed E-state index contributed by atoms with van der Waals surface area (Å²) in [6.45, 7) is 1.01. The maximum atomic E-state index is 14.3. The molecule has 0 radical (unpaired) electrons. The molecule has 2 heterocycles. The number of hydrogen-bond donors (Lipinski definition) is 2. The Balaban J connectivity index is 2.17. The number of imidazole rings is 1. The summed E-state index contributed by atoms with van der Waals surface area (Å²) in [4.78, 5) is 8.42. The number of nitrogens with zero attached hydrogens (tertiary/aromatic N) is 3. The molecule has 0 unspecified atom stereocenters. The highest BCUT2D eigenvalue weighted by Gasteiger charge is 2.21. The highest BCUT2D eigenvalue weighted by Crippen LogP contribution is 2.27. The van der Waals surface area contributed by atoms with Gasteiger partial charge in [-0.2, -0.15) is 0 Å². The number of nitrogens with one attached hydrogen (secondary N) is 1. The van der Waals surface area contributed by atoms with Gasteiger partial charge < -0.3 is 15.6 Å². The first-order chi connectivity index (χ1) is 10.7. The molecule has 0 saturated heterocycles. The molecule has 0 saturated carbocycles. The molecule has 0 atom stereocenters. The van der Waals surface area contributed by atoms with E-state index in [1.165, 1.54) is 6.07 Å². The van der Waals surface area contributed by atoms with Crippen LogP contribution in [0.4, 0.5) is 8.78 Å². The van der Waals surface area contributed by atoms with Crippen LogP contribution in [-0.2, 0) is 13.0 Å². The van der Waals surface area contributed by atoms with Gasteiger partial charge in [0.05, 0.1) is 12.2 Å². The van der Waals surface area contributed by atoms with Crippen molar-refractivity contribution in [3.8, 4) is 0 Å². The van der Waals surface area contributed by atoms with E-state index < -0.39 is 11.6 Å². The van der Waals surface area contributed by atoms with E-state index >= 15 is 0 Å². The van der Waals surface area contributed by atoms with E-state index in [9.17, 15) is 8.78 Å². The van der Waals surface area contributed by atoms with Gasteiger partial charge in [-0.15, -0.1) is 0 Å². The fourth-order valence-corrected chi connectivity index (χ4v) is 2.74. The van der Waals surface area contributed by atoms with Crippen LogP contribution in [-0.4, -0.2) is 29.0 Å². The Bertz CT molecular complexity index is 776. The van der Waals surface area contributed by atoms with Crippen molar-refractivity contribution < 1.29 is 8.78 Å². The maximum absolute atomic E-state index is 14.3. The lowest BCUT2D eigenvalue weighted by molar-refractivity contribution is 0.635. The highest BCUT2D eigenvalue weighted by atomic mass is 19.1. The third-order valence-electron chi connectivity index (χ3n) is 3.71. The van der Waals surface area contributed by atoms with Gasteiger partial charge in [0.25, 0.3) is 0 Å². The van der Waals surface area contributed by atoms with Gasteiger partial charge in [0.1, 0.15) is 17.1 Å². The van der Waals surface area contributed by atoms with Gasteiger partial charge in [0.15, 0.2) is 11.6 Å². The van der Waals surface area contributed by atoms with Crippen LogP contribution in [0.1, 0.15) is 17.8 Å². The number of fused-ring (bicyclic) bond motifs is 3. The number of aliphatic imine (C=N–C) groups is 1. The molecule has 1 aromatic heterocycles. The number of aryl methyl sites for hydroxylation is 2. The maximum Gasteiger partial charge on any atom is 0.164 e. The quantitative estimate of drug-likeness (QED) is 0.847. The lowest BCUT2D eigenvalue weighted by Crippen LogP contribution is -2.12. The van der Waals surface area contributed by atoms with Crippen molar-refractivity contribution in [2.24, 2.45) is 10.7 Å². The minimum atomic E-state index is -0.685. The third-order valence-corrected chi connectivity index (χ3v) is 3.71. The molecular formula is C15H17F2N5. The lowest BCUT2D eigenvalue weighted by Gasteiger charge is -2.07. The standard InChI is InChI=1S/C15H17F2N5/c1-19-8-20-14(11(17)7-18)9-5-10(16)15-12(6-9)22-4-2-3-13(22)21-15/h5-7,19H,2-4,8,18H2,1H3/b11-7+,20-14-. The van der Waals surface area contributed by atoms with Gasteiger partial charge in [0, 0.05) is 24.7 Å². The van der Waals surface area contributed by atoms with Crippen molar-refractivity contribution in [2.75, 3.05) is 13.7 Å². The predicted octanol–water partition coefficient (Wildman–Crippen LogP) is 1.86. The average Bonchev–Trinajstić information content (AvgIpc) is 3.09. The second-order valence-electron chi connectivity index (χ2n) is 5.14. The van der Waals surface area contributed by atoms with Crippen LogP contribution in [0.2, 0.25) is 0 Å². The van der Waals surface area contributed by atoms with Crippen molar-refractivity contribution in [1.29, 1.82) is 0 Å². The lowest BCUT2D eigenvalue weighted by atomic mass is 10.1. The van der Waals surface area contributed by atoms with Crippen LogP contribution in [0, 0.1) is 5.82 Å². The summed E-state index contributed by atoms with van der Waals surface area (Å²) in [7, 11) is 1.69. The smallest absolute Gasteiger partial charge is 0.164 e. The van der Waals surface area contributed by atoms with Crippen molar-refractivity contribution >= 4 is 16.7 Å². The van der Waals surface area contributed by atoms with Crippen molar-refractivity contribution in [1.82, 2.24) is 14.9 Å². The van der Waals surface area contributed by atoms with E-state index in [0.29, 0.717) is 16.6 Å². The summed E-state index contributed by atoms with van der Waals surface area (Å²) in [6.07, 6.45) is 2.65. The first kappa shape index (κ1) is 14.6. The number of hydrogen-bond acceptors (Lipinski definition) is 4. The van der Waals surface area contributed by atoms with Gasteiger partial charge >= 0.3 is 0 Å². The average molecular weight is 305 g/mol. The number of rotatable bonds is 4. The Morgan fingerprint density at radius 1 is 1.55 bits per heavy atom. The highest BCUT2D eigenvalue weighted by molar-refractivity contribution is 6.12. The Morgan fingerprint density at radius 2 is 2.36 bits per heavy atom. The molecule has 0 fully saturated rings. The van der Waals surface area contributed by atoms with Crippen LogP contribution in [0.3, 0.4) is 0 Å². The van der Waals surface area contributed by atoms with Crippen LogP contribution < -0.4 is 11.1 Å². The molecule has 0 aliphatic carbocycles. The summed E-state index contributed by atoms with van der Waals surface area (Å²) in [5.41, 5.74) is 6.64. The molecule has 3 N–H and O–H groups in total. The van der Waals surface area contributed by atoms with Gasteiger partial charge in [-0.1, -0.05) is 0 Å². The zero-order valence-electron chi connectivity index (χ0n) is 12.2. The normalized spacial score (nSPS) is 15.6. The molecule has 1 aliphatic rings. The predicted molar refractivity (Wildman–Crippen MR) is 81.9 cm³/mol. The largest absolute Gasteiger partial charge is 0.402 e. The number of nitrogens with two attached hydrogens (primary N) is 1. The Labute approximate surface area is 126 Å². The van der Waals surface area contributed by atoms with Gasteiger partial charge in [-0.25, -0.2) is 13.8 Å². The molecule has 0 amide bonds. The molecule has 1 aromatic carbocycles. The van der Waals surface area contributed by atoms with E-state index in [4.69, 9.17) is 5.73 Å². The first-order valence-electron chi connectivity index (χ1n) is 7.11. The van der Waals surface area contributed by atoms with Crippen molar-refractivity contribution in [3.63, 3.8) is 0 Å². The first-order valence-corrected chi connectivity index (χ1v) is 7.11. The molecule has 3 rings (SSSR count). The van der Waals surface area contributed by atoms with Crippen LogP contribution >= 0.6 is 0 Å². The monoisotopic (exact) mass is 305 g/mol. The van der Waals surface area contributed by atoms with Gasteiger partial charge in [0.2, 0.25) is 0 Å². The molecule has 116 valence electrons. The van der Waals surface area contributed by atoms with E-state index in [0.717, 1.165) is 31.4 Å². The van der Waals surface area contributed by atoms with Crippen LogP contribution in [0.25, 0.3) is 11.0 Å². The Hall–Kier alpha value is -2.28. The van der Waals surface area contributed by atoms with E-state index in [-0.39, 0.29) is 12.4 Å². The SMILES string of the molecule is CNC/N=C(\C(F)=C/N)c1cc(F)c2nc3n(c2c1)CCC3. The van der Waals surface area contributed by atoms with Gasteiger partial charge in [-0.05, 0) is 25.6 Å². The number of aromatic nitrogens is 2. The van der Waals surface area contributed by atoms with Crippen molar-refractivity contribution in [3.05, 3.63) is 41.4 Å². The van der Waals surface area contributed by atoms with E-state index in [1.807, 2.05) is 4.57 Å². The number of halogens is 2. The molecule has 1 aliphatic heterocycles. The third kappa shape index (κ3) is 2.37. The molecule has 0 spiro atoms. The Morgan fingerprint density at radius 3 is 3.09 bits per heavy atom. The summed E-state index contributed by atoms with van der Waals surface area (Å²) >= 11 is 0. The molecular weight excluding hydrogens is 288 g/mol. The van der Waals surface area contributed by atoms with Crippen LogP contribution in [0.5, 0.6) is 0 Å². The summed E-state index contributed by atoms with van der Waals surface area (Å²) in [5, 5.41) is 2.80. The fourth-order valence-electron chi connectivity index (χ4n) is 2.74. The zero-order valence-corrected chi connectivity index (χ0v) is 12.2. The molecule has 2 aromatic rings. The van der Waals surface area contributed by atoms with Crippen LogP contribution in [0.15, 0.2) is 29.2 Å².